The van der Waals surface area contributed by atoms with Gasteiger partial charge in [0.2, 0.25) is 0 Å². The largest absolute Gasteiger partial charge is 0.351 e. The summed E-state index contributed by atoms with van der Waals surface area (Å²) in [4.78, 5) is 15.1. The maximum atomic E-state index is 11.9. The molecule has 0 aliphatic rings. The molecular formula is C14H18N2O. The predicted octanol–water partition coefficient (Wildman–Crippen LogP) is 3.00. The Morgan fingerprint density at radius 3 is 2.88 bits per heavy atom. The zero-order chi connectivity index (χ0) is 12.4. The summed E-state index contributed by atoms with van der Waals surface area (Å²) in [7, 11) is 0. The molecule has 0 fully saturated rings. The van der Waals surface area contributed by atoms with Crippen LogP contribution in [0.2, 0.25) is 0 Å². The van der Waals surface area contributed by atoms with Gasteiger partial charge in [-0.1, -0.05) is 18.6 Å². The highest BCUT2D eigenvalue weighted by atomic mass is 16.1. The Hall–Kier alpha value is -1.77. The minimum absolute atomic E-state index is 0.0341. The Labute approximate surface area is 101 Å². The molecule has 3 heteroatoms. The highest BCUT2D eigenvalue weighted by molar-refractivity contribution is 5.98. The number of rotatable bonds is 3. The molecule has 1 aromatic heterocycles. The van der Waals surface area contributed by atoms with E-state index < -0.39 is 0 Å². The maximum absolute atomic E-state index is 11.9. The van der Waals surface area contributed by atoms with Crippen molar-refractivity contribution in [1.82, 2.24) is 10.3 Å². The quantitative estimate of drug-likeness (QED) is 0.836. The monoisotopic (exact) mass is 230 g/mol. The SMILES string of the molecule is CCC(C)NC(=O)c1cc2cc(C)ccc2[nH]1. The molecule has 2 aromatic rings. The summed E-state index contributed by atoms with van der Waals surface area (Å²) in [6, 6.07) is 8.22. The van der Waals surface area contributed by atoms with Gasteiger partial charge < -0.3 is 10.3 Å². The molecule has 0 spiro atoms. The third kappa shape index (κ3) is 2.49. The third-order valence-electron chi connectivity index (χ3n) is 3.01. The van der Waals surface area contributed by atoms with Crippen molar-refractivity contribution in [3.05, 3.63) is 35.5 Å². The van der Waals surface area contributed by atoms with E-state index in [-0.39, 0.29) is 11.9 Å². The van der Waals surface area contributed by atoms with Crippen molar-refractivity contribution in [2.75, 3.05) is 0 Å². The van der Waals surface area contributed by atoms with Crippen LogP contribution in [0, 0.1) is 6.92 Å². The van der Waals surface area contributed by atoms with Crippen LogP contribution < -0.4 is 5.32 Å². The molecule has 1 amide bonds. The van der Waals surface area contributed by atoms with Crippen LogP contribution in [0.4, 0.5) is 0 Å². The fraction of sp³-hybridized carbons (Fsp3) is 0.357. The average molecular weight is 230 g/mol. The van der Waals surface area contributed by atoms with E-state index in [9.17, 15) is 4.79 Å². The molecule has 0 aliphatic heterocycles. The highest BCUT2D eigenvalue weighted by Crippen LogP contribution is 2.16. The van der Waals surface area contributed by atoms with Crippen molar-refractivity contribution in [2.24, 2.45) is 0 Å². The zero-order valence-corrected chi connectivity index (χ0v) is 10.5. The molecule has 90 valence electrons. The number of carbonyl (C=O) groups is 1. The summed E-state index contributed by atoms with van der Waals surface area (Å²) in [6.45, 7) is 6.11. The summed E-state index contributed by atoms with van der Waals surface area (Å²) in [5.41, 5.74) is 2.83. The van der Waals surface area contributed by atoms with E-state index in [1.54, 1.807) is 0 Å². The fourth-order valence-corrected chi connectivity index (χ4v) is 1.78. The number of amides is 1. The molecular weight excluding hydrogens is 212 g/mol. The lowest BCUT2D eigenvalue weighted by Gasteiger charge is -2.09. The number of hydrogen-bond donors (Lipinski definition) is 2. The van der Waals surface area contributed by atoms with E-state index in [1.807, 2.05) is 32.0 Å². The van der Waals surface area contributed by atoms with E-state index in [0.717, 1.165) is 17.3 Å². The first-order chi connectivity index (χ1) is 8.10. The number of H-pyrrole nitrogens is 1. The number of carbonyl (C=O) groups excluding carboxylic acids is 1. The third-order valence-corrected chi connectivity index (χ3v) is 3.01. The molecule has 1 heterocycles. The second-order valence-electron chi connectivity index (χ2n) is 4.56. The zero-order valence-electron chi connectivity index (χ0n) is 10.5. The van der Waals surface area contributed by atoms with Crippen LogP contribution in [0.25, 0.3) is 10.9 Å². The summed E-state index contributed by atoms with van der Waals surface area (Å²) < 4.78 is 0. The first kappa shape index (κ1) is 11.7. The number of aromatic amines is 1. The number of fused-ring (bicyclic) bond motifs is 1. The Bertz CT molecular complexity index is 542. The molecule has 0 aliphatic carbocycles. The molecule has 2 N–H and O–H groups in total. The average Bonchev–Trinajstić information content (AvgIpc) is 2.71. The topological polar surface area (TPSA) is 44.9 Å². The summed E-state index contributed by atoms with van der Waals surface area (Å²) in [5, 5.41) is 4.03. The van der Waals surface area contributed by atoms with Gasteiger partial charge >= 0.3 is 0 Å². The first-order valence-corrected chi connectivity index (χ1v) is 6.00. The second kappa shape index (κ2) is 4.62. The maximum Gasteiger partial charge on any atom is 0.267 e. The van der Waals surface area contributed by atoms with Crippen molar-refractivity contribution in [3.8, 4) is 0 Å². The second-order valence-corrected chi connectivity index (χ2v) is 4.56. The van der Waals surface area contributed by atoms with Crippen molar-refractivity contribution < 1.29 is 4.79 Å². The Morgan fingerprint density at radius 2 is 2.18 bits per heavy atom. The first-order valence-electron chi connectivity index (χ1n) is 6.00. The number of aromatic nitrogens is 1. The smallest absolute Gasteiger partial charge is 0.267 e. The molecule has 0 bridgehead atoms. The fourth-order valence-electron chi connectivity index (χ4n) is 1.78. The minimum atomic E-state index is -0.0341. The lowest BCUT2D eigenvalue weighted by molar-refractivity contribution is 0.0935. The van der Waals surface area contributed by atoms with Gasteiger partial charge in [0.05, 0.1) is 0 Å². The lowest BCUT2D eigenvalue weighted by Crippen LogP contribution is -2.32. The molecule has 3 nitrogen and oxygen atoms in total. The molecule has 1 aromatic carbocycles. The standard InChI is InChI=1S/C14H18N2O/c1-4-10(3)15-14(17)13-8-11-7-9(2)5-6-12(11)16-13/h5-8,10,16H,4H2,1-3H3,(H,15,17). The molecule has 0 saturated carbocycles. The van der Waals surface area contributed by atoms with Gasteiger partial charge in [-0.25, -0.2) is 0 Å². The summed E-state index contributed by atoms with van der Waals surface area (Å²) in [5.74, 6) is -0.0341. The van der Waals surface area contributed by atoms with E-state index in [4.69, 9.17) is 0 Å². The summed E-state index contributed by atoms with van der Waals surface area (Å²) >= 11 is 0. The van der Waals surface area contributed by atoms with Gasteiger partial charge in [-0.3, -0.25) is 4.79 Å². The van der Waals surface area contributed by atoms with E-state index >= 15 is 0 Å². The van der Waals surface area contributed by atoms with Gasteiger partial charge in [0.1, 0.15) is 5.69 Å². The molecule has 2 rings (SSSR count). The van der Waals surface area contributed by atoms with Crippen LogP contribution in [-0.4, -0.2) is 16.9 Å². The van der Waals surface area contributed by atoms with Gasteiger partial charge in [0, 0.05) is 16.9 Å². The van der Waals surface area contributed by atoms with Crippen molar-refractivity contribution in [1.29, 1.82) is 0 Å². The number of nitrogens with one attached hydrogen (secondary N) is 2. The van der Waals surface area contributed by atoms with Gasteiger partial charge in [-0.05, 0) is 38.5 Å². The van der Waals surface area contributed by atoms with Crippen LogP contribution in [-0.2, 0) is 0 Å². The van der Waals surface area contributed by atoms with Crippen molar-refractivity contribution in [2.45, 2.75) is 33.2 Å². The van der Waals surface area contributed by atoms with Crippen LogP contribution in [0.3, 0.4) is 0 Å². The molecule has 0 saturated heterocycles. The lowest BCUT2D eigenvalue weighted by atomic mass is 10.2. The van der Waals surface area contributed by atoms with Gasteiger partial charge in [-0.2, -0.15) is 0 Å². The van der Waals surface area contributed by atoms with Crippen LogP contribution in [0.15, 0.2) is 24.3 Å². The van der Waals surface area contributed by atoms with Gasteiger partial charge in [-0.15, -0.1) is 0 Å². The van der Waals surface area contributed by atoms with Crippen LogP contribution in [0.1, 0.15) is 36.3 Å². The molecule has 17 heavy (non-hydrogen) atoms. The molecule has 0 radical (unpaired) electrons. The van der Waals surface area contributed by atoms with Crippen LogP contribution in [0.5, 0.6) is 0 Å². The van der Waals surface area contributed by atoms with E-state index in [0.29, 0.717) is 5.69 Å². The van der Waals surface area contributed by atoms with Crippen LogP contribution >= 0.6 is 0 Å². The predicted molar refractivity (Wildman–Crippen MR) is 70.3 cm³/mol. The normalized spacial score (nSPS) is 12.6. The Balaban J connectivity index is 2.27. The molecule has 1 atom stereocenters. The Morgan fingerprint density at radius 1 is 1.41 bits per heavy atom. The summed E-state index contributed by atoms with van der Waals surface area (Å²) in [6.07, 6.45) is 0.936. The number of aryl methyl sites for hydroxylation is 1. The van der Waals surface area contributed by atoms with Crippen molar-refractivity contribution >= 4 is 16.8 Å². The Kier molecular flexibility index (Phi) is 3.18. The minimum Gasteiger partial charge on any atom is -0.351 e. The van der Waals surface area contributed by atoms with E-state index in [2.05, 4.69) is 23.3 Å². The number of benzene rings is 1. The van der Waals surface area contributed by atoms with E-state index in [1.165, 1.54) is 5.56 Å². The highest BCUT2D eigenvalue weighted by Gasteiger charge is 2.11. The van der Waals surface area contributed by atoms with Gasteiger partial charge in [0.25, 0.3) is 5.91 Å². The van der Waals surface area contributed by atoms with Crippen molar-refractivity contribution in [3.63, 3.8) is 0 Å². The number of hydrogen-bond acceptors (Lipinski definition) is 1. The molecule has 1 unspecified atom stereocenters. The van der Waals surface area contributed by atoms with Gasteiger partial charge in [0.15, 0.2) is 0 Å².